The average Bonchev–Trinajstić information content (AvgIpc) is 3.15. The van der Waals surface area contributed by atoms with E-state index in [0.717, 1.165) is 63.7 Å². The zero-order valence-electron chi connectivity index (χ0n) is 34.4. The maximum atomic E-state index is 12.6. The zero-order chi connectivity index (χ0) is 40.8. The average molecular weight is 801 g/mol. The number of ether oxygens (including phenoxy) is 2. The molecule has 0 heterocycles. The zero-order valence-corrected chi connectivity index (χ0v) is 35.3. The van der Waals surface area contributed by atoms with Crippen LogP contribution in [0.2, 0.25) is 0 Å². The largest absolute Gasteiger partial charge is 0.472 e. The Morgan fingerprint density at radius 1 is 0.655 bits per heavy atom. The van der Waals surface area contributed by atoms with Crippen LogP contribution in [0.15, 0.2) is 48.6 Å². The number of hydrogen-bond donors (Lipinski definition) is 4. The number of carbonyl (C=O) groups is 2. The van der Waals surface area contributed by atoms with E-state index >= 15 is 0 Å². The van der Waals surface area contributed by atoms with Gasteiger partial charge in [0.25, 0.3) is 0 Å². The van der Waals surface area contributed by atoms with E-state index in [4.69, 9.17) is 19.1 Å². The smallest absolute Gasteiger partial charge is 0.462 e. The first-order valence-corrected chi connectivity index (χ1v) is 22.6. The Labute approximate surface area is 333 Å². The van der Waals surface area contributed by atoms with E-state index in [-0.39, 0.29) is 25.6 Å². The van der Waals surface area contributed by atoms with Crippen molar-refractivity contribution in [2.45, 2.75) is 180 Å². The molecule has 0 spiro atoms. The Morgan fingerprint density at radius 3 is 1.85 bits per heavy atom. The molecule has 11 nitrogen and oxygen atoms in total. The van der Waals surface area contributed by atoms with Crippen molar-refractivity contribution in [3.8, 4) is 0 Å². The lowest BCUT2D eigenvalue weighted by Crippen LogP contribution is -2.29. The molecule has 0 amide bonds. The summed E-state index contributed by atoms with van der Waals surface area (Å²) >= 11 is 0. The van der Waals surface area contributed by atoms with Crippen LogP contribution in [0.4, 0.5) is 0 Å². The van der Waals surface area contributed by atoms with Crippen molar-refractivity contribution in [1.29, 1.82) is 0 Å². The molecule has 320 valence electrons. The van der Waals surface area contributed by atoms with E-state index < -0.39 is 51.8 Å². The predicted octanol–water partition coefficient (Wildman–Crippen LogP) is 9.77. The molecule has 0 aromatic heterocycles. The number of aliphatic hydroxyl groups excluding tert-OH is 3. The van der Waals surface area contributed by atoms with Gasteiger partial charge in [-0.3, -0.25) is 18.6 Å². The number of esters is 2. The monoisotopic (exact) mass is 801 g/mol. The predicted molar refractivity (Wildman–Crippen MR) is 220 cm³/mol. The van der Waals surface area contributed by atoms with Gasteiger partial charge < -0.3 is 29.7 Å². The molecule has 12 heteroatoms. The van der Waals surface area contributed by atoms with Gasteiger partial charge in [0.1, 0.15) is 12.7 Å². The van der Waals surface area contributed by atoms with Gasteiger partial charge in [-0.1, -0.05) is 159 Å². The van der Waals surface area contributed by atoms with Crippen molar-refractivity contribution in [3.63, 3.8) is 0 Å². The Hall–Kier alpha value is -2.11. The molecule has 4 atom stereocenters. The van der Waals surface area contributed by atoms with Crippen LogP contribution < -0.4 is 0 Å². The van der Waals surface area contributed by atoms with Gasteiger partial charge in [0, 0.05) is 12.8 Å². The highest BCUT2D eigenvalue weighted by atomic mass is 31.2. The van der Waals surface area contributed by atoms with Gasteiger partial charge in [0.15, 0.2) is 6.10 Å². The van der Waals surface area contributed by atoms with Crippen molar-refractivity contribution >= 4 is 19.8 Å². The van der Waals surface area contributed by atoms with Crippen LogP contribution in [0, 0.1) is 5.92 Å². The molecule has 1 unspecified atom stereocenters. The van der Waals surface area contributed by atoms with Gasteiger partial charge in [0.05, 0.1) is 25.9 Å². The van der Waals surface area contributed by atoms with E-state index in [2.05, 4.69) is 37.4 Å². The maximum Gasteiger partial charge on any atom is 0.472 e. The number of carbonyl (C=O) groups excluding carboxylic acids is 2. The van der Waals surface area contributed by atoms with Crippen LogP contribution in [-0.2, 0) is 32.7 Å². The Morgan fingerprint density at radius 2 is 1.22 bits per heavy atom. The van der Waals surface area contributed by atoms with E-state index in [1.54, 1.807) is 0 Å². The van der Waals surface area contributed by atoms with Crippen molar-refractivity contribution < 1.29 is 52.9 Å². The van der Waals surface area contributed by atoms with Gasteiger partial charge >= 0.3 is 19.8 Å². The molecule has 0 bridgehead atoms. The molecule has 0 fully saturated rings. The fourth-order valence-electron chi connectivity index (χ4n) is 5.46. The number of aliphatic hydroxyl groups is 3. The summed E-state index contributed by atoms with van der Waals surface area (Å²) in [5, 5.41) is 28.2. The molecule has 0 radical (unpaired) electrons. The molecule has 0 aromatic carbocycles. The topological polar surface area (TPSA) is 169 Å². The SMILES string of the molecule is CCCCC[C@@H](O)/C=C/C=C\C/C=C\C/C=C\CCCC(=O)OC[C@H](COP(=O)(O)OC[C@@H](O)CO)OC(=O)CCCCCCCCCCCCCC(C)C. The quantitative estimate of drug-likeness (QED) is 0.0154. The molecule has 0 saturated heterocycles. The molecule has 0 rings (SSSR count). The van der Waals surface area contributed by atoms with Gasteiger partial charge in [0.2, 0.25) is 0 Å². The number of phosphoric acid groups is 1. The Kier molecular flexibility index (Phi) is 36.0. The van der Waals surface area contributed by atoms with Crippen LogP contribution in [0.3, 0.4) is 0 Å². The highest BCUT2D eigenvalue weighted by molar-refractivity contribution is 7.47. The second-order valence-electron chi connectivity index (χ2n) is 14.7. The first kappa shape index (κ1) is 52.9. The van der Waals surface area contributed by atoms with Gasteiger partial charge in [-0.05, 0) is 44.4 Å². The molecular weight excluding hydrogens is 723 g/mol. The summed E-state index contributed by atoms with van der Waals surface area (Å²) in [5.41, 5.74) is 0. The molecule has 0 aliphatic heterocycles. The van der Waals surface area contributed by atoms with Crippen LogP contribution in [0.1, 0.15) is 162 Å². The summed E-state index contributed by atoms with van der Waals surface area (Å²) in [6, 6.07) is 0. The van der Waals surface area contributed by atoms with Crippen molar-refractivity contribution in [2.24, 2.45) is 5.92 Å². The van der Waals surface area contributed by atoms with Crippen LogP contribution in [0.5, 0.6) is 0 Å². The van der Waals surface area contributed by atoms with E-state index in [9.17, 15) is 29.3 Å². The minimum atomic E-state index is -4.64. The lowest BCUT2D eigenvalue weighted by Gasteiger charge is -2.20. The summed E-state index contributed by atoms with van der Waals surface area (Å²) in [5.74, 6) is -0.229. The fourth-order valence-corrected chi connectivity index (χ4v) is 6.25. The lowest BCUT2D eigenvalue weighted by atomic mass is 10.0. The second kappa shape index (κ2) is 37.5. The first-order valence-electron chi connectivity index (χ1n) is 21.1. The fraction of sp³-hybridized carbons (Fsp3) is 0.767. The van der Waals surface area contributed by atoms with Gasteiger partial charge in [-0.2, -0.15) is 0 Å². The molecule has 0 aromatic rings. The molecule has 0 aliphatic rings. The number of unbranched alkanes of at least 4 members (excludes halogenated alkanes) is 13. The number of allylic oxidation sites excluding steroid dienone is 7. The third-order valence-corrected chi connectivity index (χ3v) is 9.72. The number of hydrogen-bond acceptors (Lipinski definition) is 10. The standard InChI is InChI=1S/C43H77O11P/c1-4-5-24-30-39(45)31-26-21-17-13-9-7-10-14-18-22-27-32-42(47)51-36-41(37-53-55(49,50)52-35-40(46)34-44)54-43(48)33-28-23-19-15-11-6-8-12-16-20-25-29-38(2)3/h7,9,14,17-18,21,26,31,38-41,44-46H,4-6,8,10-13,15-16,19-20,22-25,27-30,32-37H2,1-3H3,(H,49,50)/b9-7-,18-14-,21-17-,31-26+/t39-,40+,41-/m1/s1. The summed E-state index contributed by atoms with van der Waals surface area (Å²) in [6.45, 7) is 4.48. The summed E-state index contributed by atoms with van der Waals surface area (Å²) in [4.78, 5) is 34.9. The minimum absolute atomic E-state index is 0.145. The molecular formula is C43H77O11P. The maximum absolute atomic E-state index is 12.6. The van der Waals surface area contributed by atoms with Crippen molar-refractivity contribution in [2.75, 3.05) is 26.4 Å². The number of rotatable bonds is 38. The third kappa shape index (κ3) is 38.5. The van der Waals surface area contributed by atoms with Gasteiger partial charge in [-0.25, -0.2) is 4.57 Å². The molecule has 0 aliphatic carbocycles. The summed E-state index contributed by atoms with van der Waals surface area (Å²) in [7, 11) is -4.64. The third-order valence-electron chi connectivity index (χ3n) is 8.77. The van der Waals surface area contributed by atoms with Crippen LogP contribution >= 0.6 is 7.82 Å². The second-order valence-corrected chi connectivity index (χ2v) is 16.1. The Balaban J connectivity index is 4.45. The highest BCUT2D eigenvalue weighted by Gasteiger charge is 2.27. The first-order chi connectivity index (χ1) is 26.5. The summed E-state index contributed by atoms with van der Waals surface area (Å²) < 4.78 is 32.6. The molecule has 4 N–H and O–H groups in total. The minimum Gasteiger partial charge on any atom is -0.462 e. The molecule has 0 saturated carbocycles. The van der Waals surface area contributed by atoms with Crippen molar-refractivity contribution in [1.82, 2.24) is 0 Å². The van der Waals surface area contributed by atoms with E-state index in [1.165, 1.54) is 51.4 Å². The van der Waals surface area contributed by atoms with E-state index in [1.807, 2.05) is 36.5 Å². The Bertz CT molecular complexity index is 1090. The number of phosphoric ester groups is 1. The lowest BCUT2D eigenvalue weighted by molar-refractivity contribution is -0.161. The van der Waals surface area contributed by atoms with Crippen molar-refractivity contribution in [3.05, 3.63) is 48.6 Å². The van der Waals surface area contributed by atoms with E-state index in [0.29, 0.717) is 19.3 Å². The molecule has 55 heavy (non-hydrogen) atoms. The van der Waals surface area contributed by atoms with Crippen LogP contribution in [-0.4, -0.2) is 76.9 Å². The normalized spacial score (nSPS) is 15.1. The summed E-state index contributed by atoms with van der Waals surface area (Å²) in [6.07, 6.45) is 34.2. The van der Waals surface area contributed by atoms with Crippen LogP contribution in [0.25, 0.3) is 0 Å². The van der Waals surface area contributed by atoms with Gasteiger partial charge in [-0.15, -0.1) is 0 Å². The highest BCUT2D eigenvalue weighted by Crippen LogP contribution is 2.43.